The average molecular weight is 420 g/mol. The van der Waals surface area contributed by atoms with E-state index >= 15 is 0 Å². The van der Waals surface area contributed by atoms with Crippen LogP contribution in [-0.2, 0) is 4.79 Å². The van der Waals surface area contributed by atoms with Gasteiger partial charge in [0.05, 0.1) is 11.1 Å². The Hall–Kier alpha value is -1.73. The third kappa shape index (κ3) is 3.18. The lowest BCUT2D eigenvalue weighted by Gasteiger charge is -2.24. The number of benzene rings is 1. The molecule has 3 heterocycles. The van der Waals surface area contributed by atoms with Gasteiger partial charge in [-0.3, -0.25) is 24.2 Å². The monoisotopic (exact) mass is 419 g/mol. The van der Waals surface area contributed by atoms with Gasteiger partial charge in [0.15, 0.2) is 0 Å². The number of nitrogens with zero attached hydrogens (tertiary/aromatic N) is 3. The summed E-state index contributed by atoms with van der Waals surface area (Å²) in [6.07, 6.45) is 3.72. The maximum atomic E-state index is 12.6. The van der Waals surface area contributed by atoms with Crippen molar-refractivity contribution in [3.05, 3.63) is 33.8 Å². The van der Waals surface area contributed by atoms with Crippen molar-refractivity contribution in [1.29, 1.82) is 0 Å². The van der Waals surface area contributed by atoms with Crippen molar-refractivity contribution in [2.24, 2.45) is 0 Å². The molecular formula is C19H22BrN3O3. The molecule has 6 nitrogen and oxygen atoms in total. The van der Waals surface area contributed by atoms with Crippen LogP contribution in [0.25, 0.3) is 0 Å². The second-order valence-electron chi connectivity index (χ2n) is 7.23. The number of amides is 3. The first-order valence-corrected chi connectivity index (χ1v) is 10.0. The van der Waals surface area contributed by atoms with Gasteiger partial charge in [-0.2, -0.15) is 0 Å². The van der Waals surface area contributed by atoms with Crippen LogP contribution in [-0.4, -0.2) is 71.2 Å². The van der Waals surface area contributed by atoms with Crippen molar-refractivity contribution in [2.75, 3.05) is 32.7 Å². The highest BCUT2D eigenvalue weighted by Gasteiger charge is 2.37. The van der Waals surface area contributed by atoms with Gasteiger partial charge in [-0.15, -0.1) is 0 Å². The van der Waals surface area contributed by atoms with E-state index in [1.165, 1.54) is 17.7 Å². The lowest BCUT2D eigenvalue weighted by atomic mass is 10.1. The van der Waals surface area contributed by atoms with E-state index < -0.39 is 0 Å². The molecule has 1 aromatic rings. The zero-order valence-electron chi connectivity index (χ0n) is 14.6. The summed E-state index contributed by atoms with van der Waals surface area (Å²) in [5.74, 6) is -0.582. The normalized spacial score (nSPS) is 23.2. The van der Waals surface area contributed by atoms with Crippen molar-refractivity contribution < 1.29 is 14.4 Å². The zero-order chi connectivity index (χ0) is 18.3. The molecule has 3 amide bonds. The van der Waals surface area contributed by atoms with E-state index in [-0.39, 0.29) is 30.7 Å². The van der Waals surface area contributed by atoms with Gasteiger partial charge in [-0.25, -0.2) is 0 Å². The highest BCUT2D eigenvalue weighted by atomic mass is 79.9. The maximum absolute atomic E-state index is 12.6. The molecule has 0 aromatic heterocycles. The average Bonchev–Trinajstić information content (AvgIpc) is 3.35. The smallest absolute Gasteiger partial charge is 0.261 e. The van der Waals surface area contributed by atoms with E-state index in [1.807, 2.05) is 4.90 Å². The molecule has 1 atom stereocenters. The van der Waals surface area contributed by atoms with Gasteiger partial charge >= 0.3 is 0 Å². The lowest BCUT2D eigenvalue weighted by molar-refractivity contribution is -0.130. The Morgan fingerprint density at radius 2 is 1.81 bits per heavy atom. The van der Waals surface area contributed by atoms with Crippen molar-refractivity contribution in [1.82, 2.24) is 14.7 Å². The number of fused-ring (bicyclic) bond motifs is 1. The van der Waals surface area contributed by atoms with Gasteiger partial charge in [0.2, 0.25) is 5.91 Å². The van der Waals surface area contributed by atoms with Crippen LogP contribution in [0, 0.1) is 0 Å². The Kier molecular flexibility index (Phi) is 4.84. The highest BCUT2D eigenvalue weighted by molar-refractivity contribution is 9.10. The number of imide groups is 1. The number of hydrogen-bond acceptors (Lipinski definition) is 4. The van der Waals surface area contributed by atoms with Crippen LogP contribution in [0.2, 0.25) is 0 Å². The van der Waals surface area contributed by atoms with E-state index in [4.69, 9.17) is 0 Å². The fourth-order valence-corrected chi connectivity index (χ4v) is 4.57. The zero-order valence-corrected chi connectivity index (χ0v) is 16.2. The Bertz CT molecular complexity index is 760. The van der Waals surface area contributed by atoms with E-state index in [0.29, 0.717) is 17.2 Å². The third-order valence-corrected chi connectivity index (χ3v) is 6.15. The van der Waals surface area contributed by atoms with Crippen molar-refractivity contribution >= 4 is 33.7 Å². The predicted octanol–water partition coefficient (Wildman–Crippen LogP) is 2.13. The molecule has 1 aromatic carbocycles. The lowest BCUT2D eigenvalue weighted by Crippen LogP contribution is -2.39. The maximum Gasteiger partial charge on any atom is 0.261 e. The largest absolute Gasteiger partial charge is 0.341 e. The van der Waals surface area contributed by atoms with E-state index in [9.17, 15) is 14.4 Å². The Morgan fingerprint density at radius 1 is 1.08 bits per heavy atom. The van der Waals surface area contributed by atoms with Gasteiger partial charge in [0.25, 0.3) is 11.8 Å². The molecule has 26 heavy (non-hydrogen) atoms. The van der Waals surface area contributed by atoms with Crippen LogP contribution >= 0.6 is 15.9 Å². The molecule has 2 fully saturated rings. The van der Waals surface area contributed by atoms with Crippen LogP contribution in [0.3, 0.4) is 0 Å². The number of hydrogen-bond donors (Lipinski definition) is 0. The molecule has 0 N–H and O–H groups in total. The summed E-state index contributed by atoms with van der Waals surface area (Å²) in [5, 5.41) is 0. The summed E-state index contributed by atoms with van der Waals surface area (Å²) in [4.78, 5) is 43.0. The molecule has 3 aliphatic rings. The minimum atomic E-state index is -0.310. The first-order chi connectivity index (χ1) is 12.5. The van der Waals surface area contributed by atoms with Crippen LogP contribution in [0.15, 0.2) is 22.7 Å². The molecular weight excluding hydrogens is 398 g/mol. The van der Waals surface area contributed by atoms with Crippen molar-refractivity contribution in [2.45, 2.75) is 31.7 Å². The number of rotatable bonds is 4. The predicted molar refractivity (Wildman–Crippen MR) is 99.9 cm³/mol. The Labute approximate surface area is 161 Å². The standard InChI is InChI=1S/C19H22BrN3O3/c20-13-3-4-15-16(11-13)19(26)23(18(15)25)10-6-17(24)22-9-5-14(12-22)21-7-1-2-8-21/h3-4,11,14H,1-2,5-10,12H2. The molecule has 2 saturated heterocycles. The number of carbonyl (C=O) groups excluding carboxylic acids is 3. The number of halogens is 1. The van der Waals surface area contributed by atoms with Crippen LogP contribution < -0.4 is 0 Å². The Balaban J connectivity index is 1.34. The molecule has 4 rings (SSSR count). The summed E-state index contributed by atoms with van der Waals surface area (Å²) in [6.45, 7) is 3.96. The molecule has 0 saturated carbocycles. The molecule has 3 aliphatic heterocycles. The van der Waals surface area contributed by atoms with Crippen LogP contribution in [0.5, 0.6) is 0 Å². The van der Waals surface area contributed by atoms with Gasteiger partial charge < -0.3 is 4.90 Å². The quantitative estimate of drug-likeness (QED) is 0.701. The summed E-state index contributed by atoms with van der Waals surface area (Å²) >= 11 is 3.33. The molecule has 0 bridgehead atoms. The first kappa shape index (κ1) is 17.7. The highest BCUT2D eigenvalue weighted by Crippen LogP contribution is 2.26. The first-order valence-electron chi connectivity index (χ1n) is 9.22. The van der Waals surface area contributed by atoms with E-state index in [0.717, 1.165) is 37.1 Å². The van der Waals surface area contributed by atoms with E-state index in [1.54, 1.807) is 18.2 Å². The molecule has 0 spiro atoms. The molecule has 0 aliphatic carbocycles. The fraction of sp³-hybridized carbons (Fsp3) is 0.526. The molecule has 7 heteroatoms. The van der Waals surface area contributed by atoms with Crippen LogP contribution in [0.1, 0.15) is 46.4 Å². The van der Waals surface area contributed by atoms with Gasteiger partial charge in [0, 0.05) is 36.6 Å². The second kappa shape index (κ2) is 7.12. The third-order valence-electron chi connectivity index (χ3n) is 5.66. The van der Waals surface area contributed by atoms with Crippen molar-refractivity contribution in [3.63, 3.8) is 0 Å². The minimum absolute atomic E-state index is 0.0319. The van der Waals surface area contributed by atoms with Gasteiger partial charge in [0.1, 0.15) is 0 Å². The topological polar surface area (TPSA) is 60.9 Å². The van der Waals surface area contributed by atoms with Crippen LogP contribution in [0.4, 0.5) is 0 Å². The summed E-state index contributed by atoms with van der Waals surface area (Å²) in [6, 6.07) is 5.54. The fourth-order valence-electron chi connectivity index (χ4n) is 4.20. The molecule has 138 valence electrons. The van der Waals surface area contributed by atoms with E-state index in [2.05, 4.69) is 20.8 Å². The van der Waals surface area contributed by atoms with Crippen molar-refractivity contribution in [3.8, 4) is 0 Å². The number of carbonyl (C=O) groups is 3. The number of likely N-dealkylation sites (tertiary alicyclic amines) is 2. The van der Waals surface area contributed by atoms with Gasteiger partial charge in [-0.1, -0.05) is 15.9 Å². The Morgan fingerprint density at radius 3 is 2.58 bits per heavy atom. The summed E-state index contributed by atoms with van der Waals surface area (Å²) in [5.41, 5.74) is 0.827. The summed E-state index contributed by atoms with van der Waals surface area (Å²) in [7, 11) is 0. The molecule has 0 radical (unpaired) electrons. The summed E-state index contributed by atoms with van der Waals surface area (Å²) < 4.78 is 0.764. The van der Waals surface area contributed by atoms with Gasteiger partial charge in [-0.05, 0) is 50.6 Å². The minimum Gasteiger partial charge on any atom is -0.341 e. The molecule has 1 unspecified atom stereocenters. The SMILES string of the molecule is O=C(CCN1C(=O)c2ccc(Br)cc2C1=O)N1CCC(N2CCCC2)C1. The second-order valence-corrected chi connectivity index (χ2v) is 8.14.